The third-order valence-corrected chi connectivity index (χ3v) is 4.11. The lowest BCUT2D eigenvalue weighted by Gasteiger charge is -2.58. The molecule has 0 aromatic carbocycles. The van der Waals surface area contributed by atoms with Crippen molar-refractivity contribution in [3.8, 4) is 0 Å². The van der Waals surface area contributed by atoms with E-state index in [-0.39, 0.29) is 0 Å². The SMILES string of the molecule is C[C@H]1C(=O)CC2CC1C2(C)C. The first-order chi connectivity index (χ1) is 5.03. The molecule has 3 atom stereocenters. The zero-order valence-electron chi connectivity index (χ0n) is 7.55. The number of hydrogen-bond acceptors (Lipinski definition) is 1. The summed E-state index contributed by atoms with van der Waals surface area (Å²) >= 11 is 0. The number of carbonyl (C=O) groups excluding carboxylic acids is 1. The zero-order chi connectivity index (χ0) is 8.22. The molecule has 3 fully saturated rings. The van der Waals surface area contributed by atoms with Crippen LogP contribution >= 0.6 is 0 Å². The van der Waals surface area contributed by atoms with Gasteiger partial charge in [0.1, 0.15) is 5.78 Å². The first kappa shape index (κ1) is 7.33. The molecule has 0 radical (unpaired) electrons. The van der Waals surface area contributed by atoms with Crippen LogP contribution in [-0.2, 0) is 4.79 Å². The van der Waals surface area contributed by atoms with Gasteiger partial charge in [-0.05, 0) is 23.7 Å². The van der Waals surface area contributed by atoms with Crippen molar-refractivity contribution in [3.63, 3.8) is 0 Å². The van der Waals surface area contributed by atoms with Gasteiger partial charge in [-0.25, -0.2) is 0 Å². The Balaban J connectivity index is 2.23. The van der Waals surface area contributed by atoms with E-state index in [1.807, 2.05) is 0 Å². The van der Waals surface area contributed by atoms with Crippen molar-refractivity contribution in [1.82, 2.24) is 0 Å². The third kappa shape index (κ3) is 0.743. The highest BCUT2D eigenvalue weighted by atomic mass is 16.1. The highest BCUT2D eigenvalue weighted by molar-refractivity contribution is 5.83. The van der Waals surface area contributed by atoms with Crippen LogP contribution in [0.5, 0.6) is 0 Å². The topological polar surface area (TPSA) is 17.1 Å². The minimum absolute atomic E-state index is 0.343. The van der Waals surface area contributed by atoms with Gasteiger partial charge in [0, 0.05) is 12.3 Å². The van der Waals surface area contributed by atoms with E-state index in [4.69, 9.17) is 0 Å². The van der Waals surface area contributed by atoms with Crippen LogP contribution in [0.2, 0.25) is 0 Å². The summed E-state index contributed by atoms with van der Waals surface area (Å²) in [6.45, 7) is 6.73. The summed E-state index contributed by atoms with van der Waals surface area (Å²) in [6.07, 6.45) is 2.16. The fourth-order valence-corrected chi connectivity index (χ4v) is 2.90. The number of carbonyl (C=O) groups is 1. The second kappa shape index (κ2) is 1.88. The molecule has 0 saturated heterocycles. The van der Waals surface area contributed by atoms with Gasteiger partial charge in [0.25, 0.3) is 0 Å². The number of hydrogen-bond donors (Lipinski definition) is 0. The van der Waals surface area contributed by atoms with Crippen molar-refractivity contribution in [2.45, 2.75) is 33.6 Å². The second-order valence-corrected chi connectivity index (χ2v) is 4.82. The van der Waals surface area contributed by atoms with E-state index in [1.54, 1.807) is 0 Å². The minimum Gasteiger partial charge on any atom is -0.299 e. The first-order valence-corrected chi connectivity index (χ1v) is 4.56. The summed E-state index contributed by atoms with van der Waals surface area (Å²) in [6, 6.07) is 0. The highest BCUT2D eigenvalue weighted by Gasteiger charge is 2.55. The maximum Gasteiger partial charge on any atom is 0.136 e. The van der Waals surface area contributed by atoms with Crippen LogP contribution in [0.4, 0.5) is 0 Å². The summed E-state index contributed by atoms with van der Waals surface area (Å²) in [5, 5.41) is 0. The molecule has 0 amide bonds. The molecule has 62 valence electrons. The molecule has 11 heavy (non-hydrogen) atoms. The Hall–Kier alpha value is -0.330. The molecule has 3 rings (SSSR count). The van der Waals surface area contributed by atoms with Gasteiger partial charge in [0.2, 0.25) is 0 Å². The monoisotopic (exact) mass is 152 g/mol. The lowest BCUT2D eigenvalue weighted by molar-refractivity contribution is -0.152. The van der Waals surface area contributed by atoms with Crippen LogP contribution in [0.3, 0.4) is 0 Å². The van der Waals surface area contributed by atoms with E-state index in [9.17, 15) is 4.79 Å². The van der Waals surface area contributed by atoms with Crippen molar-refractivity contribution >= 4 is 5.78 Å². The molecule has 2 bridgehead atoms. The Morgan fingerprint density at radius 2 is 2.09 bits per heavy atom. The predicted octanol–water partition coefficient (Wildman–Crippen LogP) is 2.26. The van der Waals surface area contributed by atoms with E-state index in [0.717, 1.165) is 6.42 Å². The number of fused-ring (bicyclic) bond motifs is 2. The van der Waals surface area contributed by atoms with Crippen molar-refractivity contribution in [2.24, 2.45) is 23.2 Å². The molecule has 0 heterocycles. The van der Waals surface area contributed by atoms with Crippen LogP contribution in [0.15, 0.2) is 0 Å². The highest BCUT2D eigenvalue weighted by Crippen LogP contribution is 2.59. The zero-order valence-corrected chi connectivity index (χ0v) is 7.55. The summed E-state index contributed by atoms with van der Waals surface area (Å²) < 4.78 is 0. The summed E-state index contributed by atoms with van der Waals surface area (Å²) in [7, 11) is 0. The molecule has 2 unspecified atom stereocenters. The van der Waals surface area contributed by atoms with Crippen LogP contribution in [0.25, 0.3) is 0 Å². The summed E-state index contributed by atoms with van der Waals surface area (Å²) in [5.74, 6) is 2.24. The Bertz CT molecular complexity index is 205. The number of Topliss-reactive ketones (excluding diaryl/α,β-unsaturated/α-hetero) is 1. The molecule has 1 nitrogen and oxygen atoms in total. The molecule has 0 aromatic heterocycles. The van der Waals surface area contributed by atoms with Gasteiger partial charge in [-0.3, -0.25) is 4.79 Å². The van der Waals surface area contributed by atoms with Gasteiger partial charge >= 0.3 is 0 Å². The van der Waals surface area contributed by atoms with Gasteiger partial charge in [0.05, 0.1) is 0 Å². The van der Waals surface area contributed by atoms with Gasteiger partial charge in [-0.2, -0.15) is 0 Å². The van der Waals surface area contributed by atoms with Gasteiger partial charge < -0.3 is 0 Å². The molecular formula is C10H16O. The van der Waals surface area contributed by atoms with Crippen LogP contribution in [0.1, 0.15) is 33.6 Å². The smallest absolute Gasteiger partial charge is 0.136 e. The lowest BCUT2D eigenvalue weighted by Crippen LogP contribution is -2.55. The van der Waals surface area contributed by atoms with Crippen molar-refractivity contribution in [3.05, 3.63) is 0 Å². The third-order valence-electron chi connectivity index (χ3n) is 4.11. The maximum atomic E-state index is 11.3. The van der Waals surface area contributed by atoms with Gasteiger partial charge in [0.15, 0.2) is 0 Å². The first-order valence-electron chi connectivity index (χ1n) is 4.56. The molecule has 0 aliphatic heterocycles. The van der Waals surface area contributed by atoms with E-state index >= 15 is 0 Å². The lowest BCUT2D eigenvalue weighted by atomic mass is 9.45. The summed E-state index contributed by atoms with van der Waals surface area (Å²) in [5.41, 5.74) is 0.466. The Kier molecular flexibility index (Phi) is 1.25. The largest absolute Gasteiger partial charge is 0.299 e. The number of rotatable bonds is 0. The fraction of sp³-hybridized carbons (Fsp3) is 0.900. The maximum absolute atomic E-state index is 11.3. The molecule has 0 spiro atoms. The van der Waals surface area contributed by atoms with E-state index in [0.29, 0.717) is 29.0 Å². The average molecular weight is 152 g/mol. The van der Waals surface area contributed by atoms with Crippen molar-refractivity contribution < 1.29 is 4.79 Å². The van der Waals surface area contributed by atoms with E-state index < -0.39 is 0 Å². The van der Waals surface area contributed by atoms with Crippen LogP contribution < -0.4 is 0 Å². The molecule has 3 aliphatic carbocycles. The molecule has 1 heteroatoms. The Labute approximate surface area is 68.2 Å². The van der Waals surface area contributed by atoms with Gasteiger partial charge in [-0.1, -0.05) is 20.8 Å². The van der Waals surface area contributed by atoms with Crippen LogP contribution in [-0.4, -0.2) is 5.78 Å². The van der Waals surface area contributed by atoms with Crippen LogP contribution in [0, 0.1) is 23.2 Å². The molecular weight excluding hydrogens is 136 g/mol. The Morgan fingerprint density at radius 3 is 2.45 bits per heavy atom. The number of ketones is 1. The van der Waals surface area contributed by atoms with Crippen molar-refractivity contribution in [1.29, 1.82) is 0 Å². The molecule has 3 saturated carbocycles. The summed E-state index contributed by atoms with van der Waals surface area (Å²) in [4.78, 5) is 11.3. The van der Waals surface area contributed by atoms with E-state index in [2.05, 4.69) is 20.8 Å². The molecule has 0 N–H and O–H groups in total. The Morgan fingerprint density at radius 1 is 1.45 bits per heavy atom. The van der Waals surface area contributed by atoms with Crippen molar-refractivity contribution in [2.75, 3.05) is 0 Å². The molecule has 3 aliphatic rings. The minimum atomic E-state index is 0.343. The van der Waals surface area contributed by atoms with Gasteiger partial charge in [-0.15, -0.1) is 0 Å². The quantitative estimate of drug-likeness (QED) is 0.520. The predicted molar refractivity (Wildman–Crippen MR) is 44.2 cm³/mol. The average Bonchev–Trinajstić information content (AvgIpc) is 1.93. The fourth-order valence-electron chi connectivity index (χ4n) is 2.90. The second-order valence-electron chi connectivity index (χ2n) is 4.82. The molecule has 0 aromatic rings. The standard InChI is InChI=1S/C10H16O/c1-6-8-4-7(5-9(6)11)10(8,2)3/h6-8H,4-5H2,1-3H3/t6-,7?,8?/m1/s1. The van der Waals surface area contributed by atoms with E-state index in [1.165, 1.54) is 6.42 Å². The normalized spacial score (nSPS) is 46.8.